The van der Waals surface area contributed by atoms with Gasteiger partial charge in [-0.15, -0.1) is 0 Å². The average Bonchev–Trinajstić information content (AvgIpc) is 2.67. The van der Waals surface area contributed by atoms with Crippen LogP contribution in [0.2, 0.25) is 0 Å². The van der Waals surface area contributed by atoms with E-state index in [-0.39, 0.29) is 0 Å². The molecule has 4 nitrogen and oxygen atoms in total. The Hall–Kier alpha value is -1.20. The molecule has 0 saturated carbocycles. The van der Waals surface area contributed by atoms with Gasteiger partial charge in [-0.1, -0.05) is 0 Å². The molecule has 0 aromatic carbocycles. The first-order valence-corrected chi connectivity index (χ1v) is 4.94. The first-order chi connectivity index (χ1) is 6.81. The van der Waals surface area contributed by atoms with Crippen molar-refractivity contribution in [3.05, 3.63) is 40.9 Å². The third-order valence-electron chi connectivity index (χ3n) is 1.87. The Morgan fingerprint density at radius 3 is 2.93 bits per heavy atom. The van der Waals surface area contributed by atoms with E-state index in [1.165, 1.54) is 0 Å². The molecule has 72 valence electrons. The van der Waals surface area contributed by atoms with Gasteiger partial charge in [-0.05, 0) is 22.0 Å². The molecule has 0 spiro atoms. The molecule has 0 atom stereocenters. The summed E-state index contributed by atoms with van der Waals surface area (Å²) in [6, 6.07) is 1.89. The first-order valence-electron chi connectivity index (χ1n) is 4.15. The zero-order valence-electron chi connectivity index (χ0n) is 7.39. The molecule has 0 fully saturated rings. The van der Waals surface area contributed by atoms with Gasteiger partial charge in [0.15, 0.2) is 0 Å². The lowest BCUT2D eigenvalue weighted by atomic mass is 10.4. The molecule has 0 radical (unpaired) electrons. The SMILES string of the molecule is NCc1cnn(-c2ccncc2Br)c1. The number of hydrogen-bond acceptors (Lipinski definition) is 3. The highest BCUT2D eigenvalue weighted by Gasteiger charge is 2.03. The zero-order valence-corrected chi connectivity index (χ0v) is 8.98. The van der Waals surface area contributed by atoms with Crippen molar-refractivity contribution >= 4 is 15.9 Å². The van der Waals surface area contributed by atoms with Crippen LogP contribution in [0.15, 0.2) is 35.3 Å². The molecule has 2 aromatic heterocycles. The van der Waals surface area contributed by atoms with Gasteiger partial charge in [-0.25, -0.2) is 4.68 Å². The summed E-state index contributed by atoms with van der Waals surface area (Å²) in [5, 5.41) is 4.20. The first kappa shape index (κ1) is 9.36. The molecule has 2 heterocycles. The van der Waals surface area contributed by atoms with Crippen LogP contribution in [-0.4, -0.2) is 14.8 Å². The maximum atomic E-state index is 5.50. The van der Waals surface area contributed by atoms with Gasteiger partial charge in [-0.2, -0.15) is 5.10 Å². The van der Waals surface area contributed by atoms with Gasteiger partial charge in [0.25, 0.3) is 0 Å². The quantitative estimate of drug-likeness (QED) is 0.882. The highest BCUT2D eigenvalue weighted by molar-refractivity contribution is 9.10. The normalized spacial score (nSPS) is 10.4. The topological polar surface area (TPSA) is 56.7 Å². The van der Waals surface area contributed by atoms with E-state index in [0.29, 0.717) is 6.54 Å². The third-order valence-corrected chi connectivity index (χ3v) is 2.48. The van der Waals surface area contributed by atoms with Crippen LogP contribution in [0.3, 0.4) is 0 Å². The Labute approximate surface area is 89.9 Å². The van der Waals surface area contributed by atoms with Crippen LogP contribution in [0, 0.1) is 0 Å². The van der Waals surface area contributed by atoms with E-state index in [4.69, 9.17) is 5.73 Å². The predicted octanol–water partition coefficient (Wildman–Crippen LogP) is 1.49. The second kappa shape index (κ2) is 3.89. The maximum Gasteiger partial charge on any atom is 0.0818 e. The minimum absolute atomic E-state index is 0.503. The summed E-state index contributed by atoms with van der Waals surface area (Å²) in [4.78, 5) is 3.98. The van der Waals surface area contributed by atoms with E-state index in [1.807, 2.05) is 12.3 Å². The summed E-state index contributed by atoms with van der Waals surface area (Å²) in [5.41, 5.74) is 7.47. The number of pyridine rings is 1. The molecular formula is C9H9BrN4. The van der Waals surface area contributed by atoms with Crippen molar-refractivity contribution in [2.75, 3.05) is 0 Å². The van der Waals surface area contributed by atoms with Crippen LogP contribution >= 0.6 is 15.9 Å². The third kappa shape index (κ3) is 1.69. The van der Waals surface area contributed by atoms with Crippen molar-refractivity contribution in [2.24, 2.45) is 5.73 Å². The number of rotatable bonds is 2. The number of halogens is 1. The Kier molecular flexibility index (Phi) is 2.60. The minimum Gasteiger partial charge on any atom is -0.326 e. The molecule has 0 amide bonds. The summed E-state index contributed by atoms with van der Waals surface area (Å²) < 4.78 is 2.68. The van der Waals surface area contributed by atoms with Gasteiger partial charge in [0.2, 0.25) is 0 Å². The van der Waals surface area contributed by atoms with Gasteiger partial charge in [0.05, 0.1) is 16.4 Å². The molecule has 14 heavy (non-hydrogen) atoms. The fourth-order valence-electron chi connectivity index (χ4n) is 1.15. The monoisotopic (exact) mass is 252 g/mol. The summed E-state index contributed by atoms with van der Waals surface area (Å²) in [5.74, 6) is 0. The molecule has 0 aliphatic carbocycles. The van der Waals surface area contributed by atoms with E-state index in [1.54, 1.807) is 23.3 Å². The van der Waals surface area contributed by atoms with Crippen LogP contribution < -0.4 is 5.73 Å². The molecule has 2 N–H and O–H groups in total. The molecule has 0 bridgehead atoms. The van der Waals surface area contributed by atoms with Crippen LogP contribution in [0.1, 0.15) is 5.56 Å². The van der Waals surface area contributed by atoms with Crippen LogP contribution in [0.4, 0.5) is 0 Å². The summed E-state index contributed by atoms with van der Waals surface area (Å²) in [6.45, 7) is 0.503. The molecule has 2 aromatic rings. The molecule has 2 rings (SSSR count). The Bertz CT molecular complexity index is 438. The van der Waals surface area contributed by atoms with E-state index in [0.717, 1.165) is 15.7 Å². The molecule has 0 saturated heterocycles. The van der Waals surface area contributed by atoms with Gasteiger partial charge in [0.1, 0.15) is 0 Å². The molecular weight excluding hydrogens is 244 g/mol. The van der Waals surface area contributed by atoms with Crippen molar-refractivity contribution in [3.63, 3.8) is 0 Å². The maximum absolute atomic E-state index is 5.50. The Morgan fingerprint density at radius 2 is 2.29 bits per heavy atom. The number of nitrogens with two attached hydrogens (primary N) is 1. The van der Waals surface area contributed by atoms with Crippen molar-refractivity contribution in [1.29, 1.82) is 0 Å². The standard InChI is InChI=1S/C9H9BrN4/c10-8-5-12-2-1-9(8)14-6-7(3-11)4-13-14/h1-2,4-6H,3,11H2. The lowest BCUT2D eigenvalue weighted by Gasteiger charge is -2.02. The molecule has 0 aliphatic rings. The molecule has 5 heteroatoms. The number of nitrogens with zero attached hydrogens (tertiary/aromatic N) is 3. The lowest BCUT2D eigenvalue weighted by molar-refractivity contribution is 0.871. The highest BCUT2D eigenvalue weighted by Crippen LogP contribution is 2.18. The van der Waals surface area contributed by atoms with Crippen molar-refractivity contribution in [2.45, 2.75) is 6.54 Å². The minimum atomic E-state index is 0.503. The Morgan fingerprint density at radius 1 is 1.43 bits per heavy atom. The fraction of sp³-hybridized carbons (Fsp3) is 0.111. The van der Waals surface area contributed by atoms with Crippen molar-refractivity contribution < 1.29 is 0 Å². The van der Waals surface area contributed by atoms with Crippen molar-refractivity contribution in [3.8, 4) is 5.69 Å². The second-order valence-corrected chi connectivity index (χ2v) is 3.68. The fourth-order valence-corrected chi connectivity index (χ4v) is 1.58. The largest absolute Gasteiger partial charge is 0.326 e. The smallest absolute Gasteiger partial charge is 0.0818 e. The number of aromatic nitrogens is 3. The van der Waals surface area contributed by atoms with Gasteiger partial charge < -0.3 is 5.73 Å². The van der Waals surface area contributed by atoms with Crippen LogP contribution in [-0.2, 0) is 6.54 Å². The van der Waals surface area contributed by atoms with E-state index in [9.17, 15) is 0 Å². The highest BCUT2D eigenvalue weighted by atomic mass is 79.9. The summed E-state index contributed by atoms with van der Waals surface area (Å²) in [6.07, 6.45) is 7.12. The predicted molar refractivity (Wildman–Crippen MR) is 57.0 cm³/mol. The molecule has 0 aliphatic heterocycles. The summed E-state index contributed by atoms with van der Waals surface area (Å²) in [7, 11) is 0. The Balaban J connectivity index is 2.44. The van der Waals surface area contributed by atoms with E-state index in [2.05, 4.69) is 26.0 Å². The van der Waals surface area contributed by atoms with E-state index < -0.39 is 0 Å². The van der Waals surface area contributed by atoms with E-state index >= 15 is 0 Å². The van der Waals surface area contributed by atoms with Gasteiger partial charge in [-0.3, -0.25) is 4.98 Å². The average molecular weight is 253 g/mol. The molecule has 0 unspecified atom stereocenters. The zero-order chi connectivity index (χ0) is 9.97. The van der Waals surface area contributed by atoms with Crippen LogP contribution in [0.5, 0.6) is 0 Å². The van der Waals surface area contributed by atoms with Gasteiger partial charge in [0, 0.05) is 30.7 Å². The van der Waals surface area contributed by atoms with Gasteiger partial charge >= 0.3 is 0 Å². The summed E-state index contributed by atoms with van der Waals surface area (Å²) >= 11 is 3.41. The van der Waals surface area contributed by atoms with Crippen molar-refractivity contribution in [1.82, 2.24) is 14.8 Å². The van der Waals surface area contributed by atoms with Crippen LogP contribution in [0.25, 0.3) is 5.69 Å². The number of hydrogen-bond donors (Lipinski definition) is 1. The second-order valence-electron chi connectivity index (χ2n) is 2.82. The lowest BCUT2D eigenvalue weighted by Crippen LogP contribution is -1.96.